The number of benzene rings is 3. The Kier molecular flexibility index (Phi) is 8.99. The second-order valence-electron chi connectivity index (χ2n) is 10.1. The van der Waals surface area contributed by atoms with E-state index in [1.165, 1.54) is 22.5 Å². The van der Waals surface area contributed by atoms with Gasteiger partial charge in [-0.3, -0.25) is 9.59 Å². The summed E-state index contributed by atoms with van der Waals surface area (Å²) in [6.45, 7) is 8.40. The van der Waals surface area contributed by atoms with Crippen LogP contribution in [0.15, 0.2) is 96.4 Å². The van der Waals surface area contributed by atoms with Crippen LogP contribution in [0.2, 0.25) is 0 Å². The Hall–Kier alpha value is -3.75. The van der Waals surface area contributed by atoms with Gasteiger partial charge in [-0.15, -0.1) is 0 Å². The lowest BCUT2D eigenvalue weighted by Gasteiger charge is -2.40. The minimum absolute atomic E-state index is 0.0629. The molecule has 3 aromatic rings. The van der Waals surface area contributed by atoms with Crippen LogP contribution in [-0.2, 0) is 21.2 Å². The fraction of sp³-hybridized carbons (Fsp3) is 0.290. The highest BCUT2D eigenvalue weighted by Crippen LogP contribution is 2.27. The molecule has 0 radical (unpaired) electrons. The van der Waals surface area contributed by atoms with Gasteiger partial charge in [0, 0.05) is 31.2 Å². The van der Waals surface area contributed by atoms with Gasteiger partial charge in [0.1, 0.15) is 0 Å². The summed E-state index contributed by atoms with van der Waals surface area (Å²) in [7, 11) is -3.74. The zero-order chi connectivity index (χ0) is 28.0. The van der Waals surface area contributed by atoms with Gasteiger partial charge in [-0.25, -0.2) is 8.42 Å². The van der Waals surface area contributed by atoms with Gasteiger partial charge in [0.15, 0.2) is 0 Å². The van der Waals surface area contributed by atoms with Gasteiger partial charge in [0.05, 0.1) is 4.90 Å². The van der Waals surface area contributed by atoms with Crippen LogP contribution in [0.25, 0.3) is 11.1 Å². The Balaban J connectivity index is 1.31. The van der Waals surface area contributed by atoms with Crippen molar-refractivity contribution in [1.29, 1.82) is 0 Å². The SMILES string of the molecule is C=CC(=O)NC1C(C)CN(S(=O)(=O)c2ccc(C(=O)NCCc3ccc(-c4ccccc4)cc3)cc2)CC1C. The standard InChI is InChI=1S/C31H35N3O4S/c1-4-29(35)33-30-22(2)20-34(21-23(30)3)39(37,38)28-16-14-27(15-17-28)31(36)32-19-18-24-10-12-26(13-11-24)25-8-6-5-7-9-25/h4-17,22-23,30H,1,18-21H2,2-3H3,(H,32,36)(H,33,35). The molecule has 0 spiro atoms. The quantitative estimate of drug-likeness (QED) is 0.393. The maximum Gasteiger partial charge on any atom is 0.251 e. The van der Waals surface area contributed by atoms with Crippen molar-refractivity contribution >= 4 is 21.8 Å². The lowest BCUT2D eigenvalue weighted by atomic mass is 9.87. The first-order valence-corrected chi connectivity index (χ1v) is 14.6. The largest absolute Gasteiger partial charge is 0.352 e. The summed E-state index contributed by atoms with van der Waals surface area (Å²) in [5.74, 6) is -0.634. The first-order valence-electron chi connectivity index (χ1n) is 13.1. The third kappa shape index (κ3) is 6.82. The number of rotatable bonds is 9. The summed E-state index contributed by atoms with van der Waals surface area (Å²) < 4.78 is 28.1. The Morgan fingerprint density at radius 1 is 0.897 bits per heavy atom. The molecule has 0 aromatic heterocycles. The molecule has 0 bridgehead atoms. The van der Waals surface area contributed by atoms with E-state index in [0.717, 1.165) is 16.7 Å². The van der Waals surface area contributed by atoms with Crippen LogP contribution in [0.5, 0.6) is 0 Å². The highest BCUT2D eigenvalue weighted by Gasteiger charge is 2.38. The number of nitrogens with zero attached hydrogens (tertiary/aromatic N) is 1. The van der Waals surface area contributed by atoms with E-state index in [1.54, 1.807) is 12.1 Å². The fourth-order valence-corrected chi connectivity index (χ4v) is 6.69. The maximum atomic E-state index is 13.3. The summed E-state index contributed by atoms with van der Waals surface area (Å²) in [5.41, 5.74) is 3.83. The molecule has 0 aliphatic carbocycles. The van der Waals surface area contributed by atoms with Crippen LogP contribution < -0.4 is 10.6 Å². The van der Waals surface area contributed by atoms with Crippen LogP contribution in [0.1, 0.15) is 29.8 Å². The molecule has 2 unspecified atom stereocenters. The molecule has 2 N–H and O–H groups in total. The van der Waals surface area contributed by atoms with Crippen molar-refractivity contribution in [2.24, 2.45) is 11.8 Å². The highest BCUT2D eigenvalue weighted by atomic mass is 32.2. The van der Waals surface area contributed by atoms with Crippen molar-refractivity contribution in [1.82, 2.24) is 14.9 Å². The zero-order valence-corrected chi connectivity index (χ0v) is 23.2. The van der Waals surface area contributed by atoms with Crippen LogP contribution in [0, 0.1) is 11.8 Å². The third-order valence-electron chi connectivity index (χ3n) is 7.22. The van der Waals surface area contributed by atoms with Gasteiger partial charge in [-0.05, 0) is 65.3 Å². The van der Waals surface area contributed by atoms with Gasteiger partial charge in [0.2, 0.25) is 15.9 Å². The van der Waals surface area contributed by atoms with E-state index in [0.29, 0.717) is 31.6 Å². The smallest absolute Gasteiger partial charge is 0.251 e. The van der Waals surface area contributed by atoms with Crippen molar-refractivity contribution in [3.05, 3.63) is 103 Å². The normalized spacial score (nSPS) is 19.7. The van der Waals surface area contributed by atoms with Crippen molar-refractivity contribution < 1.29 is 18.0 Å². The van der Waals surface area contributed by atoms with Crippen molar-refractivity contribution in [2.45, 2.75) is 31.2 Å². The monoisotopic (exact) mass is 545 g/mol. The first-order chi connectivity index (χ1) is 18.7. The van der Waals surface area contributed by atoms with Gasteiger partial charge in [-0.2, -0.15) is 4.31 Å². The maximum absolute atomic E-state index is 13.3. The predicted molar refractivity (Wildman–Crippen MR) is 154 cm³/mol. The molecule has 2 amide bonds. The minimum atomic E-state index is -3.74. The number of hydrogen-bond donors (Lipinski definition) is 2. The topological polar surface area (TPSA) is 95.6 Å². The molecule has 8 heteroatoms. The van der Waals surface area contributed by atoms with Crippen molar-refractivity contribution in [3.63, 3.8) is 0 Å². The van der Waals surface area contributed by atoms with E-state index in [-0.39, 0.29) is 34.6 Å². The van der Waals surface area contributed by atoms with E-state index in [4.69, 9.17) is 0 Å². The lowest BCUT2D eigenvalue weighted by molar-refractivity contribution is -0.118. The second-order valence-corrected chi connectivity index (χ2v) is 12.0. The Morgan fingerprint density at radius 3 is 2.08 bits per heavy atom. The van der Waals surface area contributed by atoms with E-state index in [1.807, 2.05) is 32.0 Å². The summed E-state index contributed by atoms with van der Waals surface area (Å²) in [6.07, 6.45) is 1.91. The van der Waals surface area contributed by atoms with Crippen molar-refractivity contribution in [2.75, 3.05) is 19.6 Å². The molecule has 3 aromatic carbocycles. The Bertz CT molecular complexity index is 1390. The van der Waals surface area contributed by atoms with Gasteiger partial charge < -0.3 is 10.6 Å². The molecular formula is C31H35N3O4S. The molecule has 1 aliphatic heterocycles. The molecule has 0 saturated carbocycles. The van der Waals surface area contributed by atoms with E-state index >= 15 is 0 Å². The van der Waals surface area contributed by atoms with Crippen LogP contribution in [0.4, 0.5) is 0 Å². The van der Waals surface area contributed by atoms with Crippen molar-refractivity contribution in [3.8, 4) is 11.1 Å². The summed E-state index contributed by atoms with van der Waals surface area (Å²) in [5, 5.41) is 5.82. The van der Waals surface area contributed by atoms with E-state index in [9.17, 15) is 18.0 Å². The van der Waals surface area contributed by atoms with Crippen LogP contribution in [0.3, 0.4) is 0 Å². The average molecular weight is 546 g/mol. The van der Waals surface area contributed by atoms with E-state index < -0.39 is 10.0 Å². The molecule has 4 rings (SSSR count). The fourth-order valence-electron chi connectivity index (χ4n) is 5.05. The van der Waals surface area contributed by atoms with E-state index in [2.05, 4.69) is 53.6 Å². The molecule has 7 nitrogen and oxygen atoms in total. The summed E-state index contributed by atoms with van der Waals surface area (Å²) in [6, 6.07) is 24.3. The number of sulfonamides is 1. The molecule has 204 valence electrons. The van der Waals surface area contributed by atoms with Gasteiger partial charge in [-0.1, -0.05) is 75.0 Å². The molecule has 1 saturated heterocycles. The van der Waals surface area contributed by atoms with Crippen LogP contribution >= 0.6 is 0 Å². The number of carbonyl (C=O) groups is 2. The van der Waals surface area contributed by atoms with Crippen LogP contribution in [-0.4, -0.2) is 50.2 Å². The number of nitrogens with one attached hydrogen (secondary N) is 2. The summed E-state index contributed by atoms with van der Waals surface area (Å²) in [4.78, 5) is 24.6. The number of hydrogen-bond acceptors (Lipinski definition) is 4. The zero-order valence-electron chi connectivity index (χ0n) is 22.3. The minimum Gasteiger partial charge on any atom is -0.352 e. The Morgan fingerprint density at radius 2 is 1.49 bits per heavy atom. The molecule has 2 atom stereocenters. The Labute approximate surface area is 231 Å². The average Bonchev–Trinajstić information content (AvgIpc) is 2.95. The summed E-state index contributed by atoms with van der Waals surface area (Å²) >= 11 is 0. The molecule has 1 aliphatic rings. The lowest BCUT2D eigenvalue weighted by Crippen LogP contribution is -2.55. The molecule has 1 heterocycles. The predicted octanol–water partition coefficient (Wildman–Crippen LogP) is 4.27. The second kappa shape index (κ2) is 12.4. The third-order valence-corrected chi connectivity index (χ3v) is 9.06. The van der Waals surface area contributed by atoms with Gasteiger partial charge in [0.25, 0.3) is 5.91 Å². The number of carbonyl (C=O) groups excluding carboxylic acids is 2. The molecule has 1 fully saturated rings. The molecular weight excluding hydrogens is 510 g/mol. The van der Waals surface area contributed by atoms with Gasteiger partial charge >= 0.3 is 0 Å². The molecule has 39 heavy (non-hydrogen) atoms. The highest BCUT2D eigenvalue weighted by molar-refractivity contribution is 7.89. The number of piperidine rings is 1. The first kappa shape index (κ1) is 28.3. The number of amides is 2.